The first-order valence-electron chi connectivity index (χ1n) is 26.2. The fourth-order valence-electron chi connectivity index (χ4n) is 9.45. The molecule has 376 valence electrons. The zero-order valence-corrected chi connectivity index (χ0v) is 45.3. The van der Waals surface area contributed by atoms with Crippen LogP contribution in [-0.4, -0.2) is 78.5 Å². The van der Waals surface area contributed by atoms with Gasteiger partial charge >= 0.3 is 58.1 Å². The van der Waals surface area contributed by atoms with Crippen molar-refractivity contribution >= 4 is 58.1 Å². The quantitative estimate of drug-likeness (QED) is 0.0335. The van der Waals surface area contributed by atoms with Crippen LogP contribution in [0.15, 0.2) is 0 Å². The van der Waals surface area contributed by atoms with Crippen LogP contribution in [0.2, 0.25) is 50.4 Å². The second-order valence-corrected chi connectivity index (χ2v) is 34.2. The van der Waals surface area contributed by atoms with E-state index in [1.54, 1.807) is 0 Å². The number of carbonyl (C=O) groups is 4. The van der Waals surface area contributed by atoms with Gasteiger partial charge in [0.1, 0.15) is 0 Å². The molecule has 0 aromatic carbocycles. The summed E-state index contributed by atoms with van der Waals surface area (Å²) in [7, 11) is -10.8. The highest BCUT2D eigenvalue weighted by atomic mass is 28.5. The molecule has 1 heterocycles. The third-order valence-electron chi connectivity index (χ3n) is 12.8. The standard InChI is InChI=1S/C48H96O12Si4/c1-61(41-33-25-17-9-5-13-21-29-37-45(49)50)57-62(2,42-34-26-18-10-6-14-22-30-38-46(51)52)59-64(4,44-36-28-20-12-8-16-24-32-40-48(55)56)60-63(3,58-61)43-35-27-19-11-7-15-23-31-39-47(53)54/h5-44H2,1-4H3,(H,49,50)(H,51,52)(H,53,54)(H,55,56). The van der Waals surface area contributed by atoms with Gasteiger partial charge in [0.15, 0.2) is 0 Å². The van der Waals surface area contributed by atoms with Crippen molar-refractivity contribution in [3.8, 4) is 0 Å². The van der Waals surface area contributed by atoms with Crippen LogP contribution >= 0.6 is 0 Å². The lowest BCUT2D eigenvalue weighted by atomic mass is 10.1. The summed E-state index contributed by atoms with van der Waals surface area (Å²) in [4.78, 5) is 43.4. The van der Waals surface area contributed by atoms with Crippen molar-refractivity contribution in [1.29, 1.82) is 0 Å². The topological polar surface area (TPSA) is 186 Å². The molecule has 16 heteroatoms. The summed E-state index contributed by atoms with van der Waals surface area (Å²) in [6.45, 7) is 9.16. The van der Waals surface area contributed by atoms with Crippen molar-refractivity contribution in [1.82, 2.24) is 0 Å². The molecule has 0 amide bonds. The van der Waals surface area contributed by atoms with Crippen LogP contribution in [0.3, 0.4) is 0 Å². The number of hydrogen-bond donors (Lipinski definition) is 4. The first-order valence-corrected chi connectivity index (χ1v) is 36.3. The van der Waals surface area contributed by atoms with E-state index in [0.717, 1.165) is 204 Å². The zero-order chi connectivity index (χ0) is 47.4. The molecule has 1 aliphatic heterocycles. The summed E-state index contributed by atoms with van der Waals surface area (Å²) in [5, 5.41) is 35.7. The Morgan fingerprint density at radius 1 is 0.250 bits per heavy atom. The van der Waals surface area contributed by atoms with Gasteiger partial charge in [-0.15, -0.1) is 0 Å². The molecule has 0 atom stereocenters. The van der Waals surface area contributed by atoms with Gasteiger partial charge in [-0.1, -0.05) is 180 Å². The van der Waals surface area contributed by atoms with E-state index in [9.17, 15) is 19.2 Å². The van der Waals surface area contributed by atoms with E-state index in [1.807, 2.05) is 0 Å². The summed E-state index contributed by atoms with van der Waals surface area (Å²) in [6.07, 6.45) is 35.0. The van der Waals surface area contributed by atoms with Gasteiger partial charge in [0.25, 0.3) is 0 Å². The molecule has 1 aliphatic rings. The van der Waals surface area contributed by atoms with Crippen LogP contribution in [0.5, 0.6) is 0 Å². The largest absolute Gasteiger partial charge is 0.481 e. The zero-order valence-electron chi connectivity index (χ0n) is 41.3. The molecular formula is C48H96O12Si4. The molecule has 0 aromatic rings. The molecule has 4 N–H and O–H groups in total. The van der Waals surface area contributed by atoms with E-state index in [1.165, 1.54) is 25.7 Å². The molecule has 0 saturated carbocycles. The average Bonchev–Trinajstić information content (AvgIpc) is 3.19. The van der Waals surface area contributed by atoms with Gasteiger partial charge in [0, 0.05) is 25.7 Å². The summed E-state index contributed by atoms with van der Waals surface area (Å²) in [5.74, 6) is -2.83. The number of aliphatic carboxylic acids is 4. The second-order valence-electron chi connectivity index (χ2n) is 19.8. The van der Waals surface area contributed by atoms with Gasteiger partial charge in [-0.2, -0.15) is 0 Å². The molecule has 0 unspecified atom stereocenters. The van der Waals surface area contributed by atoms with Gasteiger partial charge in [0.2, 0.25) is 0 Å². The lowest BCUT2D eigenvalue weighted by molar-refractivity contribution is -0.138. The highest BCUT2D eigenvalue weighted by Crippen LogP contribution is 2.40. The van der Waals surface area contributed by atoms with E-state index >= 15 is 0 Å². The van der Waals surface area contributed by atoms with Crippen molar-refractivity contribution in [3.05, 3.63) is 0 Å². The Hall–Kier alpha value is -1.41. The van der Waals surface area contributed by atoms with Crippen molar-refractivity contribution < 1.29 is 56.1 Å². The summed E-state index contributed by atoms with van der Waals surface area (Å²) >= 11 is 0. The highest BCUT2D eigenvalue weighted by Gasteiger charge is 2.56. The predicted octanol–water partition coefficient (Wildman–Crippen LogP) is 14.7. The Morgan fingerprint density at radius 2 is 0.375 bits per heavy atom. The first-order chi connectivity index (χ1) is 30.5. The fourth-order valence-corrected chi connectivity index (χ4v) is 33.1. The van der Waals surface area contributed by atoms with Crippen molar-refractivity contribution in [2.24, 2.45) is 0 Å². The van der Waals surface area contributed by atoms with Crippen LogP contribution in [0.1, 0.15) is 231 Å². The van der Waals surface area contributed by atoms with Gasteiger partial charge in [-0.05, 0) is 76.0 Å². The molecule has 1 fully saturated rings. The van der Waals surface area contributed by atoms with E-state index in [0.29, 0.717) is 0 Å². The number of unbranched alkanes of at least 4 members (excludes halogenated alkanes) is 28. The molecular weight excluding hydrogens is 881 g/mol. The lowest BCUT2D eigenvalue weighted by Gasteiger charge is -2.50. The smallest absolute Gasteiger partial charge is 0.317 e. The van der Waals surface area contributed by atoms with E-state index < -0.39 is 58.1 Å². The van der Waals surface area contributed by atoms with Crippen molar-refractivity contribution in [2.75, 3.05) is 0 Å². The number of carboxylic acids is 4. The maximum atomic E-state index is 10.9. The molecule has 0 spiro atoms. The minimum absolute atomic E-state index is 0.262. The third kappa shape index (κ3) is 34.8. The molecule has 12 nitrogen and oxygen atoms in total. The highest BCUT2D eigenvalue weighted by molar-refractivity contribution is 6.93. The van der Waals surface area contributed by atoms with E-state index in [-0.39, 0.29) is 25.7 Å². The van der Waals surface area contributed by atoms with E-state index in [2.05, 4.69) is 26.2 Å². The van der Waals surface area contributed by atoms with Gasteiger partial charge in [0.05, 0.1) is 0 Å². The van der Waals surface area contributed by atoms with E-state index in [4.69, 9.17) is 36.9 Å². The Labute approximate surface area is 394 Å². The van der Waals surface area contributed by atoms with Crippen LogP contribution in [-0.2, 0) is 35.6 Å². The maximum Gasteiger partial charge on any atom is 0.317 e. The Balaban J connectivity index is 3.02. The first kappa shape index (κ1) is 60.6. The lowest BCUT2D eigenvalue weighted by Crippen LogP contribution is -2.67. The third-order valence-corrected chi connectivity index (χ3v) is 31.7. The van der Waals surface area contributed by atoms with Crippen molar-refractivity contribution in [3.63, 3.8) is 0 Å². The maximum absolute atomic E-state index is 10.9. The second kappa shape index (κ2) is 36.6. The Morgan fingerprint density at radius 3 is 0.516 bits per heavy atom. The SMILES string of the molecule is C[Si]1(CCCCCCCCCCC(=O)O)O[Si](C)(CCCCCCCCCCC(=O)O)O[Si](C)(CCCCCCCCCCC(=O)O)O[Si](C)(CCCCCCCCCCC(=O)O)O1. The van der Waals surface area contributed by atoms with Gasteiger partial charge in [-0.25, -0.2) is 0 Å². The minimum Gasteiger partial charge on any atom is -0.481 e. The van der Waals surface area contributed by atoms with Gasteiger partial charge in [-0.3, -0.25) is 19.2 Å². The predicted molar refractivity (Wildman–Crippen MR) is 267 cm³/mol. The summed E-state index contributed by atoms with van der Waals surface area (Å²) < 4.78 is 30.0. The number of hydrogen-bond acceptors (Lipinski definition) is 8. The number of carboxylic acid groups (broad SMARTS) is 4. The molecule has 1 rings (SSSR count). The van der Waals surface area contributed by atoms with Crippen LogP contribution in [0, 0.1) is 0 Å². The Bertz CT molecular complexity index is 1050. The normalized spacial score (nSPS) is 22.6. The van der Waals surface area contributed by atoms with Crippen molar-refractivity contribution in [2.45, 2.75) is 282 Å². The van der Waals surface area contributed by atoms with Gasteiger partial charge < -0.3 is 36.9 Å². The molecule has 1 saturated heterocycles. The van der Waals surface area contributed by atoms with Crippen LogP contribution in [0.25, 0.3) is 0 Å². The fraction of sp³-hybridized carbons (Fsp3) is 0.917. The molecule has 64 heavy (non-hydrogen) atoms. The summed E-state index contributed by atoms with van der Waals surface area (Å²) in [6, 6.07) is 3.73. The minimum atomic E-state index is -2.70. The molecule has 0 aromatic heterocycles. The number of rotatable bonds is 44. The Kier molecular flexibility index (Phi) is 34.7. The molecule has 0 aliphatic carbocycles. The van der Waals surface area contributed by atoms with Crippen LogP contribution < -0.4 is 0 Å². The van der Waals surface area contributed by atoms with Crippen LogP contribution in [0.4, 0.5) is 0 Å². The molecule has 0 bridgehead atoms. The average molecular weight is 978 g/mol. The monoisotopic (exact) mass is 977 g/mol. The molecule has 0 radical (unpaired) electrons. The summed E-state index contributed by atoms with van der Waals surface area (Å²) in [5.41, 5.74) is 0.